The Morgan fingerprint density at radius 2 is 2.26 bits per heavy atom. The quantitative estimate of drug-likeness (QED) is 0.905. The molecule has 1 aliphatic heterocycles. The van der Waals surface area contributed by atoms with Gasteiger partial charge in [0.15, 0.2) is 0 Å². The van der Waals surface area contributed by atoms with Gasteiger partial charge < -0.3 is 10.2 Å². The number of nitrogens with zero attached hydrogens (tertiary/aromatic N) is 2. The fraction of sp³-hybridized carbons (Fsp3) is 0.600. The summed E-state index contributed by atoms with van der Waals surface area (Å²) in [6.07, 6.45) is 6.46. The molecule has 1 aliphatic carbocycles. The number of anilines is 1. The minimum atomic E-state index is 0.0313. The summed E-state index contributed by atoms with van der Waals surface area (Å²) < 4.78 is 0. The van der Waals surface area contributed by atoms with Crippen molar-refractivity contribution in [2.75, 3.05) is 18.0 Å². The molecule has 1 aromatic heterocycles. The van der Waals surface area contributed by atoms with E-state index in [9.17, 15) is 4.79 Å². The summed E-state index contributed by atoms with van der Waals surface area (Å²) in [5, 5.41) is 3.06. The molecule has 4 heteroatoms. The van der Waals surface area contributed by atoms with Crippen molar-refractivity contribution >= 4 is 11.7 Å². The fourth-order valence-electron chi connectivity index (χ4n) is 2.70. The zero-order valence-electron chi connectivity index (χ0n) is 11.4. The summed E-state index contributed by atoms with van der Waals surface area (Å²) in [7, 11) is 0. The van der Waals surface area contributed by atoms with Crippen LogP contribution in [0.1, 0.15) is 43.0 Å². The minimum Gasteiger partial charge on any atom is -0.356 e. The number of pyridine rings is 1. The zero-order valence-corrected chi connectivity index (χ0v) is 11.4. The van der Waals surface area contributed by atoms with Crippen LogP contribution in [0.3, 0.4) is 0 Å². The summed E-state index contributed by atoms with van der Waals surface area (Å²) in [6.45, 7) is 4.27. The average Bonchev–Trinajstić information content (AvgIpc) is 3.23. The number of hydrogen-bond donors (Lipinski definition) is 1. The van der Waals surface area contributed by atoms with Gasteiger partial charge in [0.1, 0.15) is 5.82 Å². The first kappa shape index (κ1) is 12.5. The molecule has 19 heavy (non-hydrogen) atoms. The highest BCUT2D eigenvalue weighted by molar-refractivity contribution is 5.99. The molecule has 1 saturated heterocycles. The van der Waals surface area contributed by atoms with Crippen LogP contribution in [0.4, 0.5) is 5.82 Å². The summed E-state index contributed by atoms with van der Waals surface area (Å²) in [5.41, 5.74) is 0.725. The Kier molecular flexibility index (Phi) is 3.40. The van der Waals surface area contributed by atoms with Crippen LogP contribution in [0.15, 0.2) is 18.3 Å². The van der Waals surface area contributed by atoms with Gasteiger partial charge in [-0.1, -0.05) is 6.92 Å². The third kappa shape index (κ3) is 2.88. The van der Waals surface area contributed by atoms with Gasteiger partial charge in [0, 0.05) is 25.3 Å². The van der Waals surface area contributed by atoms with Gasteiger partial charge in [-0.05, 0) is 43.7 Å². The lowest BCUT2D eigenvalue weighted by atomic mass is 10.00. The molecule has 0 unspecified atom stereocenters. The third-order valence-corrected chi connectivity index (χ3v) is 3.90. The van der Waals surface area contributed by atoms with Crippen molar-refractivity contribution in [2.24, 2.45) is 5.92 Å². The van der Waals surface area contributed by atoms with Crippen molar-refractivity contribution < 1.29 is 4.79 Å². The molecule has 0 radical (unpaired) electrons. The van der Waals surface area contributed by atoms with Gasteiger partial charge in [0.05, 0.1) is 5.56 Å². The fourth-order valence-corrected chi connectivity index (χ4v) is 2.70. The first-order valence-electron chi connectivity index (χ1n) is 7.25. The maximum absolute atomic E-state index is 12.3. The highest BCUT2D eigenvalue weighted by Gasteiger charge is 2.27. The van der Waals surface area contributed by atoms with E-state index in [0.717, 1.165) is 37.3 Å². The van der Waals surface area contributed by atoms with Crippen molar-refractivity contribution in [2.45, 2.75) is 38.6 Å². The Labute approximate surface area is 114 Å². The Balaban J connectivity index is 1.81. The molecule has 0 bridgehead atoms. The molecule has 1 aromatic rings. The van der Waals surface area contributed by atoms with E-state index in [2.05, 4.69) is 22.1 Å². The van der Waals surface area contributed by atoms with Gasteiger partial charge in [-0.2, -0.15) is 0 Å². The molecule has 1 saturated carbocycles. The largest absolute Gasteiger partial charge is 0.356 e. The highest BCUT2D eigenvalue weighted by Crippen LogP contribution is 2.25. The first-order valence-corrected chi connectivity index (χ1v) is 7.25. The molecule has 2 aliphatic rings. The Morgan fingerprint density at radius 1 is 1.42 bits per heavy atom. The molecule has 0 aromatic carbocycles. The van der Waals surface area contributed by atoms with Crippen molar-refractivity contribution in [1.29, 1.82) is 0 Å². The molecule has 102 valence electrons. The number of hydrogen-bond acceptors (Lipinski definition) is 3. The van der Waals surface area contributed by atoms with Gasteiger partial charge in [0.2, 0.25) is 0 Å². The highest BCUT2D eigenvalue weighted by atomic mass is 16.1. The maximum Gasteiger partial charge on any atom is 0.255 e. The number of nitrogens with one attached hydrogen (secondary N) is 1. The van der Waals surface area contributed by atoms with E-state index >= 15 is 0 Å². The second-order valence-electron chi connectivity index (χ2n) is 5.82. The van der Waals surface area contributed by atoms with Crippen LogP contribution in [0.5, 0.6) is 0 Å². The standard InChI is InChI=1S/C15H21N3O/c1-11-4-3-9-18(10-11)14-13(5-2-8-16-14)15(19)17-12-6-7-12/h2,5,8,11-12H,3-4,6-7,9-10H2,1H3,(H,17,19)/t11-/m1/s1. The second kappa shape index (κ2) is 5.19. The van der Waals surface area contributed by atoms with Gasteiger partial charge in [-0.3, -0.25) is 4.79 Å². The summed E-state index contributed by atoms with van der Waals surface area (Å²) in [4.78, 5) is 19.0. The van der Waals surface area contributed by atoms with E-state index in [0.29, 0.717) is 12.0 Å². The lowest BCUT2D eigenvalue weighted by Gasteiger charge is -2.32. The molecular weight excluding hydrogens is 238 g/mol. The van der Waals surface area contributed by atoms with Gasteiger partial charge in [-0.25, -0.2) is 4.98 Å². The van der Waals surface area contributed by atoms with Crippen LogP contribution >= 0.6 is 0 Å². The minimum absolute atomic E-state index is 0.0313. The average molecular weight is 259 g/mol. The van der Waals surface area contributed by atoms with Gasteiger partial charge >= 0.3 is 0 Å². The second-order valence-corrected chi connectivity index (χ2v) is 5.82. The normalized spacial score (nSPS) is 23.2. The number of piperidine rings is 1. The van der Waals surface area contributed by atoms with Crippen LogP contribution in [-0.2, 0) is 0 Å². The number of aromatic nitrogens is 1. The number of rotatable bonds is 3. The van der Waals surface area contributed by atoms with Crippen LogP contribution < -0.4 is 10.2 Å². The van der Waals surface area contributed by atoms with E-state index in [1.165, 1.54) is 12.8 Å². The molecule has 3 rings (SSSR count). The van der Waals surface area contributed by atoms with E-state index in [-0.39, 0.29) is 5.91 Å². The van der Waals surface area contributed by atoms with Crippen molar-refractivity contribution in [3.63, 3.8) is 0 Å². The van der Waals surface area contributed by atoms with Crippen molar-refractivity contribution in [3.05, 3.63) is 23.9 Å². The van der Waals surface area contributed by atoms with Crippen LogP contribution in [-0.4, -0.2) is 30.0 Å². The third-order valence-electron chi connectivity index (χ3n) is 3.90. The van der Waals surface area contributed by atoms with Crippen LogP contribution in [0.2, 0.25) is 0 Å². The molecule has 4 nitrogen and oxygen atoms in total. The summed E-state index contributed by atoms with van der Waals surface area (Å²) >= 11 is 0. The Hall–Kier alpha value is -1.58. The van der Waals surface area contributed by atoms with E-state index in [4.69, 9.17) is 0 Å². The smallest absolute Gasteiger partial charge is 0.255 e. The Morgan fingerprint density at radius 3 is 3.00 bits per heavy atom. The maximum atomic E-state index is 12.3. The van der Waals surface area contributed by atoms with E-state index in [1.54, 1.807) is 6.20 Å². The van der Waals surface area contributed by atoms with Crippen LogP contribution in [0.25, 0.3) is 0 Å². The molecule has 2 heterocycles. The predicted octanol–water partition coefficient (Wildman–Crippen LogP) is 2.21. The topological polar surface area (TPSA) is 45.2 Å². The lowest BCUT2D eigenvalue weighted by Crippen LogP contribution is -2.37. The van der Waals surface area contributed by atoms with E-state index in [1.807, 2.05) is 12.1 Å². The predicted molar refractivity (Wildman–Crippen MR) is 75.3 cm³/mol. The van der Waals surface area contributed by atoms with Crippen molar-refractivity contribution in [3.8, 4) is 0 Å². The number of carbonyl (C=O) groups excluding carboxylic acids is 1. The molecule has 1 N–H and O–H groups in total. The number of amides is 1. The first-order chi connectivity index (χ1) is 9.24. The van der Waals surface area contributed by atoms with Crippen LogP contribution in [0, 0.1) is 5.92 Å². The summed E-state index contributed by atoms with van der Waals surface area (Å²) in [6, 6.07) is 4.12. The van der Waals surface area contributed by atoms with Crippen molar-refractivity contribution in [1.82, 2.24) is 10.3 Å². The Bertz CT molecular complexity index is 470. The molecule has 1 atom stereocenters. The zero-order chi connectivity index (χ0) is 13.2. The molecule has 0 spiro atoms. The van der Waals surface area contributed by atoms with E-state index < -0.39 is 0 Å². The van der Waals surface area contributed by atoms with Gasteiger partial charge in [-0.15, -0.1) is 0 Å². The lowest BCUT2D eigenvalue weighted by molar-refractivity contribution is 0.0951. The summed E-state index contributed by atoms with van der Waals surface area (Å²) in [5.74, 6) is 1.56. The monoisotopic (exact) mass is 259 g/mol. The van der Waals surface area contributed by atoms with Gasteiger partial charge in [0.25, 0.3) is 5.91 Å². The SMILES string of the molecule is C[C@@H]1CCCN(c2ncccc2C(=O)NC2CC2)C1. The number of carbonyl (C=O) groups is 1. The molecule has 1 amide bonds. The molecule has 2 fully saturated rings. The molecular formula is C15H21N3O.